The highest BCUT2D eigenvalue weighted by molar-refractivity contribution is 5.91. The third kappa shape index (κ3) is 8.96. The average molecular weight is 580 g/mol. The quantitative estimate of drug-likeness (QED) is 0.0910. The molecule has 3 rings (SSSR count). The molecule has 0 radical (unpaired) electrons. The van der Waals surface area contributed by atoms with Gasteiger partial charge in [-0.1, -0.05) is 19.1 Å². The number of nitriles is 1. The van der Waals surface area contributed by atoms with Crippen LogP contribution in [0.3, 0.4) is 0 Å². The standard InChI is InChI=1S/C31H31F2N3O6/c1-2-23(19-26-27(35)17-21(30(38)39)18-28(26)36)41-29(37)14-7-20-5-10-25(11-6-20)42-31(32,33)22-8-12-24(13-9-22)40-16-4-3-15-34/h5-14,17-18,23H,2-4,16,19,35-36H2,1H3,(H,38,39). The van der Waals surface area contributed by atoms with Crippen LogP contribution in [0.1, 0.15) is 53.2 Å². The smallest absolute Gasteiger partial charge is 0.426 e. The van der Waals surface area contributed by atoms with Gasteiger partial charge in [-0.05, 0) is 73.0 Å². The minimum atomic E-state index is -3.60. The number of carbonyl (C=O) groups is 2. The van der Waals surface area contributed by atoms with Crippen LogP contribution in [-0.2, 0) is 22.1 Å². The minimum Gasteiger partial charge on any atom is -0.494 e. The summed E-state index contributed by atoms with van der Waals surface area (Å²) in [6.07, 6.45) is 0.0565. The highest BCUT2D eigenvalue weighted by Gasteiger charge is 2.34. The Balaban J connectivity index is 1.56. The van der Waals surface area contributed by atoms with Crippen LogP contribution in [0, 0.1) is 11.3 Å². The van der Waals surface area contributed by atoms with Gasteiger partial charge in [-0.15, -0.1) is 0 Å². The molecule has 0 amide bonds. The van der Waals surface area contributed by atoms with Gasteiger partial charge in [0, 0.05) is 35.9 Å². The first-order valence-electron chi connectivity index (χ1n) is 13.1. The van der Waals surface area contributed by atoms with E-state index in [0.717, 1.165) is 0 Å². The van der Waals surface area contributed by atoms with E-state index in [0.29, 0.717) is 42.7 Å². The Labute approximate surface area is 241 Å². The Hall–Kier alpha value is -5.11. The van der Waals surface area contributed by atoms with E-state index in [1.54, 1.807) is 0 Å². The van der Waals surface area contributed by atoms with E-state index < -0.39 is 24.2 Å². The van der Waals surface area contributed by atoms with E-state index in [1.807, 2.05) is 13.0 Å². The number of rotatable bonds is 14. The van der Waals surface area contributed by atoms with Crippen molar-refractivity contribution in [1.82, 2.24) is 0 Å². The second-order valence-corrected chi connectivity index (χ2v) is 9.27. The van der Waals surface area contributed by atoms with Crippen molar-refractivity contribution < 1.29 is 37.7 Å². The molecule has 1 unspecified atom stereocenters. The minimum absolute atomic E-state index is 0.0361. The number of nitrogens with two attached hydrogens (primary N) is 2. The summed E-state index contributed by atoms with van der Waals surface area (Å²) in [7, 11) is 0. The summed E-state index contributed by atoms with van der Waals surface area (Å²) < 4.78 is 45.2. The second-order valence-electron chi connectivity index (χ2n) is 9.27. The van der Waals surface area contributed by atoms with Crippen molar-refractivity contribution in [1.29, 1.82) is 5.26 Å². The number of ether oxygens (including phenoxy) is 3. The van der Waals surface area contributed by atoms with Gasteiger partial charge in [0.15, 0.2) is 0 Å². The summed E-state index contributed by atoms with van der Waals surface area (Å²) in [5.41, 5.74) is 13.0. The lowest BCUT2D eigenvalue weighted by Crippen LogP contribution is -2.21. The van der Waals surface area contributed by atoms with Gasteiger partial charge >= 0.3 is 18.0 Å². The molecular formula is C31H31F2N3O6. The number of carbonyl (C=O) groups excluding carboxylic acids is 1. The molecule has 1 atom stereocenters. The molecule has 0 aliphatic carbocycles. The maximum atomic E-state index is 14.7. The molecule has 5 N–H and O–H groups in total. The number of benzene rings is 3. The third-order valence-corrected chi connectivity index (χ3v) is 6.17. The molecule has 0 fully saturated rings. The van der Waals surface area contributed by atoms with Crippen molar-refractivity contribution in [3.63, 3.8) is 0 Å². The molecule has 0 aromatic heterocycles. The van der Waals surface area contributed by atoms with Crippen LogP contribution in [0.25, 0.3) is 6.08 Å². The predicted molar refractivity (Wildman–Crippen MR) is 153 cm³/mol. The molecule has 0 saturated heterocycles. The van der Waals surface area contributed by atoms with Crippen LogP contribution >= 0.6 is 0 Å². The maximum Gasteiger partial charge on any atom is 0.426 e. The molecule has 0 aliphatic rings. The van der Waals surface area contributed by atoms with E-state index in [-0.39, 0.29) is 34.7 Å². The summed E-state index contributed by atoms with van der Waals surface area (Å²) >= 11 is 0. The first-order chi connectivity index (χ1) is 20.0. The summed E-state index contributed by atoms with van der Waals surface area (Å²) in [5.74, 6) is -1.45. The predicted octanol–water partition coefficient (Wildman–Crippen LogP) is 5.94. The number of carboxylic acids is 1. The zero-order chi connectivity index (χ0) is 30.7. The highest BCUT2D eigenvalue weighted by Crippen LogP contribution is 2.33. The fourth-order valence-corrected chi connectivity index (χ4v) is 3.88. The number of hydrogen-bond acceptors (Lipinski definition) is 8. The van der Waals surface area contributed by atoms with Crippen molar-refractivity contribution in [3.8, 4) is 17.6 Å². The topological polar surface area (TPSA) is 158 Å². The van der Waals surface area contributed by atoms with Gasteiger partial charge in [-0.3, -0.25) is 0 Å². The number of alkyl halides is 2. The molecule has 0 spiro atoms. The fraction of sp³-hybridized carbons (Fsp3) is 0.258. The van der Waals surface area contributed by atoms with Gasteiger partial charge in [0.25, 0.3) is 0 Å². The van der Waals surface area contributed by atoms with Crippen molar-refractivity contribution in [3.05, 3.63) is 89.0 Å². The maximum absolute atomic E-state index is 14.7. The van der Waals surface area contributed by atoms with E-state index in [1.165, 1.54) is 72.8 Å². The summed E-state index contributed by atoms with van der Waals surface area (Å²) in [6.45, 7) is 2.13. The van der Waals surface area contributed by atoms with Crippen LogP contribution < -0.4 is 20.9 Å². The number of carboxylic acid groups (broad SMARTS) is 1. The molecular weight excluding hydrogens is 548 g/mol. The zero-order valence-electron chi connectivity index (χ0n) is 22.9. The first-order valence-corrected chi connectivity index (χ1v) is 13.1. The normalized spacial score (nSPS) is 12.0. The molecule has 3 aromatic rings. The summed E-state index contributed by atoms with van der Waals surface area (Å²) in [4.78, 5) is 23.6. The molecule has 3 aromatic carbocycles. The molecule has 42 heavy (non-hydrogen) atoms. The molecule has 220 valence electrons. The van der Waals surface area contributed by atoms with Gasteiger partial charge < -0.3 is 30.8 Å². The van der Waals surface area contributed by atoms with Crippen molar-refractivity contribution >= 4 is 29.4 Å². The lowest BCUT2D eigenvalue weighted by Gasteiger charge is -2.19. The van der Waals surface area contributed by atoms with Gasteiger partial charge in [-0.25, -0.2) is 9.59 Å². The van der Waals surface area contributed by atoms with Gasteiger partial charge in [0.05, 0.1) is 23.8 Å². The largest absolute Gasteiger partial charge is 0.494 e. The lowest BCUT2D eigenvalue weighted by atomic mass is 10.00. The molecule has 0 saturated carbocycles. The number of esters is 1. The fourth-order valence-electron chi connectivity index (χ4n) is 3.88. The number of nitrogen functional groups attached to an aromatic ring is 2. The Morgan fingerprint density at radius 3 is 2.24 bits per heavy atom. The third-order valence-electron chi connectivity index (χ3n) is 6.17. The summed E-state index contributed by atoms with van der Waals surface area (Å²) in [6, 6.07) is 15.6. The Kier molecular flexibility index (Phi) is 10.8. The first kappa shape index (κ1) is 31.4. The van der Waals surface area contributed by atoms with E-state index in [2.05, 4.69) is 0 Å². The molecule has 11 heteroatoms. The summed E-state index contributed by atoms with van der Waals surface area (Å²) in [5, 5.41) is 17.7. The molecule has 0 aliphatic heterocycles. The number of aromatic carboxylic acids is 1. The lowest BCUT2D eigenvalue weighted by molar-refractivity contribution is -0.185. The Morgan fingerprint density at radius 2 is 1.67 bits per heavy atom. The molecule has 0 bridgehead atoms. The number of hydrogen-bond donors (Lipinski definition) is 3. The zero-order valence-corrected chi connectivity index (χ0v) is 22.9. The van der Waals surface area contributed by atoms with Crippen LogP contribution in [0.2, 0.25) is 0 Å². The van der Waals surface area contributed by atoms with Gasteiger partial charge in [0.2, 0.25) is 0 Å². The van der Waals surface area contributed by atoms with E-state index in [4.69, 9.17) is 36.0 Å². The van der Waals surface area contributed by atoms with Crippen molar-refractivity contribution in [2.75, 3.05) is 18.1 Å². The van der Waals surface area contributed by atoms with Gasteiger partial charge in [-0.2, -0.15) is 14.0 Å². The number of anilines is 2. The van der Waals surface area contributed by atoms with Crippen LogP contribution in [0.15, 0.2) is 66.7 Å². The number of unbranched alkanes of at least 4 members (excludes halogenated alkanes) is 1. The Bertz CT molecular complexity index is 1430. The van der Waals surface area contributed by atoms with Gasteiger partial charge in [0.1, 0.15) is 17.6 Å². The van der Waals surface area contributed by atoms with Crippen LogP contribution in [-0.4, -0.2) is 29.8 Å². The van der Waals surface area contributed by atoms with Crippen molar-refractivity contribution in [2.45, 2.75) is 44.8 Å². The van der Waals surface area contributed by atoms with E-state index in [9.17, 15) is 18.4 Å². The molecule has 0 heterocycles. The Morgan fingerprint density at radius 1 is 1.05 bits per heavy atom. The average Bonchev–Trinajstić information content (AvgIpc) is 2.96. The van der Waals surface area contributed by atoms with E-state index >= 15 is 0 Å². The number of halogens is 2. The SMILES string of the molecule is CCC(Cc1c(N)cc(C(=O)O)cc1N)OC(=O)C=Cc1ccc(OC(F)(F)c2ccc(OCCCC#N)cc2)cc1. The van der Waals surface area contributed by atoms with Crippen LogP contribution in [0.5, 0.6) is 11.5 Å². The molecule has 9 nitrogen and oxygen atoms in total. The highest BCUT2D eigenvalue weighted by atomic mass is 19.3. The van der Waals surface area contributed by atoms with Crippen LogP contribution in [0.4, 0.5) is 20.2 Å². The second kappa shape index (κ2) is 14.5. The monoisotopic (exact) mass is 579 g/mol. The number of nitrogens with zero attached hydrogens (tertiary/aromatic N) is 1. The van der Waals surface area contributed by atoms with Crippen molar-refractivity contribution in [2.24, 2.45) is 0 Å².